The summed E-state index contributed by atoms with van der Waals surface area (Å²) in [4.78, 5) is 0. The van der Waals surface area contributed by atoms with Crippen molar-refractivity contribution >= 4 is 177 Å². The van der Waals surface area contributed by atoms with Gasteiger partial charge in [-0.05, 0) is 40.0 Å². The van der Waals surface area contributed by atoms with Crippen molar-refractivity contribution < 1.29 is 124 Å². The molecule has 0 spiro atoms. The zero-order valence-electron chi connectivity index (χ0n) is 45.8. The van der Waals surface area contributed by atoms with E-state index in [0.717, 1.165) is 0 Å². The highest BCUT2D eigenvalue weighted by molar-refractivity contribution is 7.02. The monoisotopic (exact) mass is 1430 g/mol. The van der Waals surface area contributed by atoms with Crippen molar-refractivity contribution in [2.75, 3.05) is 13.2 Å². The maximum atomic E-state index is 7.09. The molecule has 0 N–H and O–H groups in total. The van der Waals surface area contributed by atoms with E-state index in [1.165, 1.54) is 0 Å². The van der Waals surface area contributed by atoms with Gasteiger partial charge in [-0.25, -0.2) is 0 Å². The van der Waals surface area contributed by atoms with Gasteiger partial charge < -0.3 is 124 Å². The van der Waals surface area contributed by atoms with Crippen LogP contribution in [0.15, 0.2) is 0 Å². The lowest BCUT2D eigenvalue weighted by atomic mass is 10.9. The summed E-state index contributed by atoms with van der Waals surface area (Å²) in [5.41, 5.74) is 0. The fraction of sp³-hybridized carbons (Fsp3) is 1.00. The average Bonchev–Trinajstić information content (AvgIpc) is 3.01. The first-order chi connectivity index (χ1) is 33.2. The van der Waals surface area contributed by atoms with E-state index in [2.05, 4.69) is 0 Å². The predicted octanol–water partition coefficient (Wildman–Crippen LogP) is 3.86. The Labute approximate surface area is 470 Å². The molecule has 0 amide bonds. The van der Waals surface area contributed by atoms with E-state index >= 15 is 0 Å². The van der Waals surface area contributed by atoms with Crippen LogP contribution < -0.4 is 0 Å². The molecular weight excluding hydrogens is 1350 g/mol. The van der Waals surface area contributed by atoms with Crippen molar-refractivity contribution in [2.45, 2.75) is 160 Å². The summed E-state index contributed by atoms with van der Waals surface area (Å²) in [5, 5.41) is 0. The Hall–Kier alpha value is 3.14. The maximum Gasteiger partial charge on any atom is 0.482 e. The minimum Gasteiger partial charge on any atom is -0.416 e. The highest BCUT2D eigenvalue weighted by Crippen LogP contribution is 2.47. The van der Waals surface area contributed by atoms with E-state index in [1.807, 2.05) is 40.0 Å². The van der Waals surface area contributed by atoms with Crippen molar-refractivity contribution in [3.05, 3.63) is 0 Å². The smallest absolute Gasteiger partial charge is 0.416 e. The molecule has 0 aromatic heterocycles. The molecule has 0 aliphatic carbocycles. The summed E-state index contributed by atoms with van der Waals surface area (Å²) in [7, 11) is -78.1. The highest BCUT2D eigenvalue weighted by Gasteiger charge is 2.77. The van der Waals surface area contributed by atoms with Gasteiger partial charge in [-0.1, -0.05) is 14.9 Å². The molecule has 30 nitrogen and oxygen atoms in total. The largest absolute Gasteiger partial charge is 0.482 e. The van der Waals surface area contributed by atoms with Crippen LogP contribution in [0.1, 0.15) is 28.7 Å². The number of hydrogen-bond donors (Lipinski definition) is 0. The van der Waals surface area contributed by atoms with Gasteiger partial charge in [0.1, 0.15) is 0 Å². The van der Waals surface area contributed by atoms with E-state index in [4.69, 9.17) is 124 Å². The number of fused-ring (bicyclic) bond motifs is 16. The molecule has 0 aromatic carbocycles. The SMILES string of the molecule is C.C.CCO[Si]1(C)O[Si](C)(OCC)O[Si]2(C)O[Si](C)(O[SiH]3O[Si](C)(O2)O[Si]2(C)O[Si](C)(O3)O[Si]3(C)O[Si]4(C)O[SiH]5O[Si]6(C)O[Si]7(C)O[Si](C)(C)O[Si](C)(C)O[Si](C)(O7)O[Si](C)(O6)O[Si](C)(O5)O[Si](C)(O4)O[Si](C)(O2)O3)O1. The molecule has 0 saturated carbocycles. The molecular formula is C26H80O30Si20. The lowest BCUT2D eigenvalue weighted by molar-refractivity contribution is 0.00567. The van der Waals surface area contributed by atoms with Crippen molar-refractivity contribution in [3.8, 4) is 0 Å². The molecule has 18 atom stereocenters. The fourth-order valence-electron chi connectivity index (χ4n) is 10.7. The van der Waals surface area contributed by atoms with Gasteiger partial charge in [-0.2, -0.15) is 0 Å². The Kier molecular flexibility index (Phi) is 18.3. The second-order valence-corrected chi connectivity index (χ2v) is 79.5. The lowest BCUT2D eigenvalue weighted by Crippen LogP contribution is -2.82. The van der Waals surface area contributed by atoms with Crippen molar-refractivity contribution in [1.82, 2.24) is 0 Å². The number of hydrogen-bond acceptors (Lipinski definition) is 30. The van der Waals surface area contributed by atoms with Gasteiger partial charge in [-0.3, -0.25) is 0 Å². The van der Waals surface area contributed by atoms with Crippen LogP contribution in [0.4, 0.5) is 0 Å². The summed E-state index contributed by atoms with van der Waals surface area (Å²) in [5.74, 6) is 0. The minimum atomic E-state index is -4.31. The van der Waals surface area contributed by atoms with E-state index < -0.39 is 177 Å². The van der Waals surface area contributed by atoms with Crippen LogP contribution in [0.5, 0.6) is 0 Å². The number of rotatable bonds is 4. The van der Waals surface area contributed by atoms with Gasteiger partial charge in [0.05, 0.1) is 0 Å². The summed E-state index contributed by atoms with van der Waals surface area (Å²) >= 11 is 0. The van der Waals surface area contributed by atoms with Gasteiger partial charge >= 0.3 is 177 Å². The van der Waals surface area contributed by atoms with Gasteiger partial charge in [-0.15, -0.1) is 0 Å². The molecule has 0 aromatic rings. The normalized spacial score (nSPS) is 56.1. The van der Waals surface area contributed by atoms with Crippen LogP contribution in [0.3, 0.4) is 0 Å². The molecule has 0 radical (unpaired) electrons. The zero-order chi connectivity index (χ0) is 54.8. The summed E-state index contributed by atoms with van der Waals surface area (Å²) in [6.45, 7) is 38.5. The van der Waals surface area contributed by atoms with Crippen LogP contribution >= 0.6 is 0 Å². The van der Waals surface area contributed by atoms with E-state index in [-0.39, 0.29) is 28.1 Å². The molecule has 16 bridgehead atoms. The maximum absolute atomic E-state index is 7.09. The van der Waals surface area contributed by atoms with Crippen LogP contribution in [-0.4, -0.2) is 190 Å². The Balaban J connectivity index is 0.00000420. The summed E-state index contributed by atoms with van der Waals surface area (Å²) in [6.07, 6.45) is 0. The first-order valence-electron chi connectivity index (χ1n) is 24.0. The van der Waals surface area contributed by atoms with Gasteiger partial charge in [0.25, 0.3) is 0 Å². The lowest BCUT2D eigenvalue weighted by Gasteiger charge is -2.57. The second-order valence-electron chi connectivity index (χ2n) is 21.0. The van der Waals surface area contributed by atoms with E-state index in [0.29, 0.717) is 0 Å². The van der Waals surface area contributed by atoms with Crippen LogP contribution in [0, 0.1) is 0 Å². The third-order valence-corrected chi connectivity index (χ3v) is 94.8. The molecule has 9 aliphatic rings. The molecule has 444 valence electrons. The third-order valence-electron chi connectivity index (χ3n) is 11.1. The first-order valence-corrected chi connectivity index (χ1v) is 68.1. The molecule has 9 saturated heterocycles. The van der Waals surface area contributed by atoms with Crippen molar-refractivity contribution in [2.24, 2.45) is 0 Å². The van der Waals surface area contributed by atoms with Crippen LogP contribution in [0.25, 0.3) is 0 Å². The van der Waals surface area contributed by atoms with Gasteiger partial charge in [0.2, 0.25) is 0 Å². The topological polar surface area (TPSA) is 277 Å². The molecule has 18 unspecified atom stereocenters. The summed E-state index contributed by atoms with van der Waals surface area (Å²) in [6, 6.07) is 0. The van der Waals surface area contributed by atoms with Crippen LogP contribution in [0.2, 0.25) is 131 Å². The average molecular weight is 1430 g/mol. The molecule has 9 fully saturated rings. The predicted molar refractivity (Wildman–Crippen MR) is 302 cm³/mol. The molecule has 50 heteroatoms. The first kappa shape index (κ1) is 66.7. The minimum absolute atomic E-state index is 0. The Bertz CT molecular complexity index is 2210. The second kappa shape index (κ2) is 20.9. The zero-order valence-corrected chi connectivity index (χ0v) is 66.1. The molecule has 9 heterocycles. The molecule has 9 aliphatic heterocycles. The Morgan fingerprint density at radius 1 is 0.224 bits per heavy atom. The molecule has 76 heavy (non-hydrogen) atoms. The van der Waals surface area contributed by atoms with Crippen LogP contribution in [-0.2, 0) is 124 Å². The van der Waals surface area contributed by atoms with E-state index in [1.54, 1.807) is 105 Å². The fourth-order valence-corrected chi connectivity index (χ4v) is 114. The standard InChI is InChI=1S/C24H72O30Si20.2CH4/c1-23-25-59(7)36-60(8,26-24-2)38-69(17)40-61(9,37-59)27-55-29-63(11,41-69)44-71(19)46-65(13,30-55)47-73(21)49-66(14)32-56-28-62(10)39-67(15)34-57(3,4)33-58(5,6)35-68(16,50-67)51-70(18,42-62)43-64(12,31-56)45-72(20,48-66)53-74(22,52-71)54-73;;/h55-56H,23-24H2,1-22H3;2*1H4. The molecule has 9 rings (SSSR count). The van der Waals surface area contributed by atoms with Crippen molar-refractivity contribution in [1.29, 1.82) is 0 Å². The quantitative estimate of drug-likeness (QED) is 0.361. The van der Waals surface area contributed by atoms with Gasteiger partial charge in [0.15, 0.2) is 0 Å². The van der Waals surface area contributed by atoms with Gasteiger partial charge in [0, 0.05) is 118 Å². The Morgan fingerprint density at radius 3 is 0.618 bits per heavy atom. The van der Waals surface area contributed by atoms with E-state index in [9.17, 15) is 0 Å². The summed E-state index contributed by atoms with van der Waals surface area (Å²) < 4.78 is 206. The van der Waals surface area contributed by atoms with Crippen molar-refractivity contribution in [3.63, 3.8) is 0 Å². The highest BCUT2D eigenvalue weighted by atomic mass is 28.6. The Morgan fingerprint density at radius 2 is 0.395 bits per heavy atom. The third kappa shape index (κ3) is 14.9.